The maximum Gasteiger partial charge on any atom is 2.00 e. The summed E-state index contributed by atoms with van der Waals surface area (Å²) in [7, 11) is 0. The van der Waals surface area contributed by atoms with E-state index in [0.717, 1.165) is 6.42 Å². The summed E-state index contributed by atoms with van der Waals surface area (Å²) < 4.78 is 0. The van der Waals surface area contributed by atoms with E-state index in [9.17, 15) is 0 Å². The third-order valence-corrected chi connectivity index (χ3v) is 1.41. The predicted octanol–water partition coefficient (Wildman–Crippen LogP) is 4.58. The summed E-state index contributed by atoms with van der Waals surface area (Å²) >= 11 is 0. The van der Waals surface area contributed by atoms with Crippen molar-refractivity contribution in [3.63, 3.8) is 0 Å². The summed E-state index contributed by atoms with van der Waals surface area (Å²) in [5, 5.41) is 0. The van der Waals surface area contributed by atoms with Crippen molar-refractivity contribution in [1.82, 2.24) is 0 Å². The molecular weight excluding hydrogens is 210 g/mol. The summed E-state index contributed by atoms with van der Waals surface area (Å²) in [5.41, 5.74) is 0. The molecule has 0 aromatic carbocycles. The van der Waals surface area contributed by atoms with Crippen molar-refractivity contribution in [3.05, 3.63) is 26.0 Å². The van der Waals surface area contributed by atoms with E-state index < -0.39 is 0 Å². The second-order valence-corrected chi connectivity index (χ2v) is 2.92. The topological polar surface area (TPSA) is 0 Å². The SMILES string of the molecule is C=CCCCCCC[CH2-].C[CH-]C.[Zn+2]. The molecule has 0 nitrogen and oxygen atoms in total. The van der Waals surface area contributed by atoms with Gasteiger partial charge in [-0.05, 0) is 12.8 Å². The molecule has 0 aliphatic heterocycles. The van der Waals surface area contributed by atoms with Crippen molar-refractivity contribution in [3.8, 4) is 0 Å². The van der Waals surface area contributed by atoms with Gasteiger partial charge in [0.05, 0.1) is 0 Å². The first-order chi connectivity index (χ1) is 5.83. The molecule has 0 radical (unpaired) electrons. The minimum Gasteiger partial charge on any atom is -0.343 e. The van der Waals surface area contributed by atoms with E-state index in [0.29, 0.717) is 0 Å². The Bertz CT molecular complexity index is 69.5. The Morgan fingerprint density at radius 2 is 1.62 bits per heavy atom. The zero-order valence-corrected chi connectivity index (χ0v) is 12.5. The molecule has 0 saturated carbocycles. The molecule has 0 unspecified atom stereocenters. The number of rotatable bonds is 6. The fourth-order valence-electron chi connectivity index (χ4n) is 0.819. The average Bonchev–Trinajstić information content (AvgIpc) is 2.06. The van der Waals surface area contributed by atoms with E-state index >= 15 is 0 Å². The Kier molecular flexibility index (Phi) is 33.4. The fraction of sp³-hybridized carbons (Fsp3) is 0.667. The molecule has 0 spiro atoms. The van der Waals surface area contributed by atoms with Gasteiger partial charge in [-0.15, -0.1) is 6.58 Å². The van der Waals surface area contributed by atoms with Gasteiger partial charge in [-0.3, -0.25) is 0 Å². The molecule has 0 amide bonds. The van der Waals surface area contributed by atoms with Gasteiger partial charge in [-0.25, -0.2) is 0 Å². The molecule has 0 bridgehead atoms. The normalized spacial score (nSPS) is 7.92. The second kappa shape index (κ2) is 22.8. The van der Waals surface area contributed by atoms with Crippen LogP contribution < -0.4 is 0 Å². The molecule has 0 N–H and O–H groups in total. The molecular formula is C12H24Zn. The molecule has 1 heteroatoms. The van der Waals surface area contributed by atoms with E-state index in [1.165, 1.54) is 32.1 Å². The van der Waals surface area contributed by atoms with Crippen LogP contribution in [0, 0.1) is 13.3 Å². The van der Waals surface area contributed by atoms with Crippen molar-refractivity contribution in [2.75, 3.05) is 0 Å². The minimum absolute atomic E-state index is 0. The van der Waals surface area contributed by atoms with E-state index in [-0.39, 0.29) is 19.5 Å². The predicted molar refractivity (Wildman–Crippen MR) is 58.9 cm³/mol. The molecule has 74 valence electrons. The van der Waals surface area contributed by atoms with Crippen molar-refractivity contribution in [2.24, 2.45) is 0 Å². The van der Waals surface area contributed by atoms with Crippen LogP contribution in [-0.4, -0.2) is 0 Å². The Morgan fingerprint density at radius 3 is 2.00 bits per heavy atom. The number of unbranched alkanes of at least 4 members (excludes halogenated alkanes) is 5. The first kappa shape index (κ1) is 19.0. The largest absolute Gasteiger partial charge is 2.00 e. The maximum atomic E-state index is 3.78. The van der Waals surface area contributed by atoms with Crippen LogP contribution in [0.4, 0.5) is 0 Å². The van der Waals surface area contributed by atoms with Crippen LogP contribution in [0.2, 0.25) is 0 Å². The number of hydrogen-bond acceptors (Lipinski definition) is 0. The van der Waals surface area contributed by atoms with Gasteiger partial charge in [0.2, 0.25) is 0 Å². The molecule has 0 fully saturated rings. The van der Waals surface area contributed by atoms with E-state index in [1.807, 2.05) is 26.3 Å². The quantitative estimate of drug-likeness (QED) is 0.273. The summed E-state index contributed by atoms with van der Waals surface area (Å²) in [6, 6.07) is 0. The number of hydrogen-bond donors (Lipinski definition) is 0. The van der Waals surface area contributed by atoms with Gasteiger partial charge in [-0.1, -0.05) is 25.3 Å². The zero-order valence-electron chi connectivity index (χ0n) is 9.52. The van der Waals surface area contributed by atoms with Gasteiger partial charge in [0.15, 0.2) is 0 Å². The van der Waals surface area contributed by atoms with E-state index in [1.54, 1.807) is 0 Å². The first-order valence-electron chi connectivity index (χ1n) is 4.97. The Balaban J connectivity index is -0.000000220. The van der Waals surface area contributed by atoms with Gasteiger partial charge in [0.1, 0.15) is 0 Å². The molecule has 0 heterocycles. The first-order valence-corrected chi connectivity index (χ1v) is 4.97. The van der Waals surface area contributed by atoms with Crippen molar-refractivity contribution < 1.29 is 19.5 Å². The third kappa shape index (κ3) is 32.8. The van der Waals surface area contributed by atoms with Gasteiger partial charge in [0, 0.05) is 0 Å². The minimum atomic E-state index is 0. The molecule has 0 aliphatic carbocycles. The van der Waals surface area contributed by atoms with Crippen LogP contribution in [0.3, 0.4) is 0 Å². The molecule has 13 heavy (non-hydrogen) atoms. The third-order valence-electron chi connectivity index (χ3n) is 1.41. The summed E-state index contributed by atoms with van der Waals surface area (Å²) in [6.07, 6.45) is 11.6. The molecule has 0 atom stereocenters. The molecule has 0 aliphatic rings. The van der Waals surface area contributed by atoms with Gasteiger partial charge >= 0.3 is 19.5 Å². The van der Waals surface area contributed by atoms with Crippen LogP contribution in [0.15, 0.2) is 12.7 Å². The smallest absolute Gasteiger partial charge is 0.343 e. The van der Waals surface area contributed by atoms with Gasteiger partial charge < -0.3 is 13.3 Å². The average molecular weight is 234 g/mol. The van der Waals surface area contributed by atoms with Crippen molar-refractivity contribution >= 4 is 0 Å². The zero-order chi connectivity index (χ0) is 9.66. The monoisotopic (exact) mass is 232 g/mol. The maximum absolute atomic E-state index is 3.78. The Hall–Kier alpha value is 0.363. The standard InChI is InChI=1S/C9H17.C3H7.Zn/c1-3-5-7-9-8-6-4-2;1-3-2;/h3H,1-2,4-9H2;3H,1-2H3;/q2*-1;+2. The van der Waals surface area contributed by atoms with Gasteiger partial charge in [0.25, 0.3) is 0 Å². The molecule has 0 saturated heterocycles. The van der Waals surface area contributed by atoms with Gasteiger partial charge in [-0.2, -0.15) is 20.3 Å². The fourth-order valence-corrected chi connectivity index (χ4v) is 0.819. The molecule has 0 rings (SSSR count). The van der Waals surface area contributed by atoms with Crippen LogP contribution >= 0.6 is 0 Å². The number of allylic oxidation sites excluding steroid dienone is 1. The van der Waals surface area contributed by atoms with Crippen molar-refractivity contribution in [2.45, 2.75) is 52.4 Å². The summed E-state index contributed by atoms with van der Waals surface area (Å²) in [6.45, 7) is 11.4. The summed E-state index contributed by atoms with van der Waals surface area (Å²) in [4.78, 5) is 0. The van der Waals surface area contributed by atoms with E-state index in [2.05, 4.69) is 13.5 Å². The van der Waals surface area contributed by atoms with Crippen LogP contribution in [0.5, 0.6) is 0 Å². The van der Waals surface area contributed by atoms with Crippen molar-refractivity contribution in [1.29, 1.82) is 0 Å². The van der Waals surface area contributed by atoms with Crippen LogP contribution in [0.1, 0.15) is 52.4 Å². The van der Waals surface area contributed by atoms with Crippen LogP contribution in [0.25, 0.3) is 0 Å². The Labute approximate surface area is 98.0 Å². The second-order valence-electron chi connectivity index (χ2n) is 2.92. The van der Waals surface area contributed by atoms with Crippen LogP contribution in [-0.2, 0) is 19.5 Å². The molecule has 0 aromatic heterocycles. The summed E-state index contributed by atoms with van der Waals surface area (Å²) in [5.74, 6) is 0. The van der Waals surface area contributed by atoms with E-state index in [4.69, 9.17) is 0 Å². The Morgan fingerprint density at radius 1 is 1.15 bits per heavy atom. The molecule has 0 aromatic rings.